The van der Waals surface area contributed by atoms with Crippen LogP contribution in [0.25, 0.3) is 0 Å². The van der Waals surface area contributed by atoms with E-state index in [1.807, 2.05) is 6.92 Å². The van der Waals surface area contributed by atoms with Gasteiger partial charge in [-0.3, -0.25) is 9.59 Å². The first-order valence-electron chi connectivity index (χ1n) is 8.61. The highest BCUT2D eigenvalue weighted by molar-refractivity contribution is 6.09. The number of hydrogen-bond donors (Lipinski definition) is 2. The highest BCUT2D eigenvalue weighted by atomic mass is 16.5. The van der Waals surface area contributed by atoms with Crippen molar-refractivity contribution >= 4 is 17.5 Å². The molecule has 0 aliphatic heterocycles. The van der Waals surface area contributed by atoms with Gasteiger partial charge in [0.2, 0.25) is 0 Å². The minimum Gasteiger partial charge on any atom is -0.491 e. The Morgan fingerprint density at radius 3 is 2.46 bits per heavy atom. The minimum atomic E-state index is -0.288. The Morgan fingerprint density at radius 1 is 1.12 bits per heavy atom. The van der Waals surface area contributed by atoms with Crippen molar-refractivity contribution in [3.8, 4) is 5.75 Å². The lowest BCUT2D eigenvalue weighted by atomic mass is 10.1. The van der Waals surface area contributed by atoms with E-state index in [1.165, 1.54) is 0 Å². The molecule has 0 bridgehead atoms. The molecule has 0 aliphatic carbocycles. The summed E-state index contributed by atoms with van der Waals surface area (Å²) in [6, 6.07) is 13.8. The second-order valence-corrected chi connectivity index (χ2v) is 5.86. The van der Waals surface area contributed by atoms with Gasteiger partial charge in [0.1, 0.15) is 5.75 Å². The van der Waals surface area contributed by atoms with Crippen molar-refractivity contribution < 1.29 is 14.3 Å². The van der Waals surface area contributed by atoms with Crippen molar-refractivity contribution in [3.05, 3.63) is 72.3 Å². The van der Waals surface area contributed by atoms with E-state index < -0.39 is 0 Å². The number of carbonyl (C=O) groups excluding carboxylic acids is 2. The van der Waals surface area contributed by atoms with Gasteiger partial charge in [0.05, 0.1) is 17.4 Å². The van der Waals surface area contributed by atoms with Gasteiger partial charge >= 0.3 is 0 Å². The molecule has 0 radical (unpaired) electrons. The highest BCUT2D eigenvalue weighted by Crippen LogP contribution is 2.18. The number of hydrogen-bond acceptors (Lipinski definition) is 3. The number of ether oxygens (including phenoxy) is 1. The Morgan fingerprint density at radius 2 is 1.81 bits per heavy atom. The number of anilines is 1. The van der Waals surface area contributed by atoms with Gasteiger partial charge < -0.3 is 15.4 Å². The summed E-state index contributed by atoms with van der Waals surface area (Å²) >= 11 is 0. The van der Waals surface area contributed by atoms with Gasteiger partial charge in [0.25, 0.3) is 11.8 Å². The Balaban J connectivity index is 2.10. The molecule has 2 rings (SSSR count). The lowest BCUT2D eigenvalue weighted by molar-refractivity contribution is 0.0959. The van der Waals surface area contributed by atoms with Crippen molar-refractivity contribution in [2.75, 3.05) is 11.9 Å². The fraction of sp³-hybridized carbons (Fsp3) is 0.238. The van der Waals surface area contributed by atoms with Crippen LogP contribution in [-0.2, 0) is 0 Å². The monoisotopic (exact) mass is 352 g/mol. The predicted molar refractivity (Wildman–Crippen MR) is 104 cm³/mol. The molecule has 1 atom stereocenters. The van der Waals surface area contributed by atoms with Gasteiger partial charge in [0.15, 0.2) is 0 Å². The normalized spacial score (nSPS) is 11.3. The Bertz CT molecular complexity index is 769. The summed E-state index contributed by atoms with van der Waals surface area (Å²) < 4.78 is 5.71. The molecule has 2 aromatic rings. The molecular weight excluding hydrogens is 328 g/mol. The molecule has 2 amide bonds. The van der Waals surface area contributed by atoms with E-state index in [4.69, 9.17) is 4.74 Å². The first-order chi connectivity index (χ1) is 12.5. The molecule has 5 heteroatoms. The zero-order valence-corrected chi connectivity index (χ0v) is 15.1. The van der Waals surface area contributed by atoms with Crippen LogP contribution in [0.5, 0.6) is 5.75 Å². The summed E-state index contributed by atoms with van der Waals surface area (Å²) in [5.41, 5.74) is 1.35. The second kappa shape index (κ2) is 9.42. The molecule has 26 heavy (non-hydrogen) atoms. The number of rotatable bonds is 8. The van der Waals surface area contributed by atoms with Crippen molar-refractivity contribution in [1.82, 2.24) is 5.32 Å². The van der Waals surface area contributed by atoms with Gasteiger partial charge in [-0.1, -0.05) is 25.1 Å². The number of carbonyl (C=O) groups is 2. The molecule has 0 fully saturated rings. The highest BCUT2D eigenvalue weighted by Gasteiger charge is 2.13. The lowest BCUT2D eigenvalue weighted by Crippen LogP contribution is -2.25. The van der Waals surface area contributed by atoms with Crippen LogP contribution < -0.4 is 15.4 Å². The fourth-order valence-corrected chi connectivity index (χ4v) is 2.25. The van der Waals surface area contributed by atoms with Crippen molar-refractivity contribution in [2.24, 2.45) is 0 Å². The van der Waals surface area contributed by atoms with Crippen LogP contribution in [0.4, 0.5) is 5.69 Å². The molecule has 136 valence electrons. The van der Waals surface area contributed by atoms with E-state index in [0.717, 1.165) is 12.2 Å². The number of nitrogens with one attached hydrogen (secondary N) is 2. The number of amides is 2. The molecule has 0 saturated carbocycles. The quantitative estimate of drug-likeness (QED) is 0.705. The molecule has 0 aliphatic rings. The molecule has 0 saturated heterocycles. The van der Waals surface area contributed by atoms with Crippen LogP contribution in [0.3, 0.4) is 0 Å². The van der Waals surface area contributed by atoms with Crippen LogP contribution in [0, 0.1) is 0 Å². The summed E-state index contributed by atoms with van der Waals surface area (Å²) in [6.07, 6.45) is 2.63. The van der Waals surface area contributed by atoms with Gasteiger partial charge in [-0.05, 0) is 49.7 Å². The maximum Gasteiger partial charge on any atom is 0.255 e. The van der Waals surface area contributed by atoms with E-state index in [-0.39, 0.29) is 17.9 Å². The minimum absolute atomic E-state index is 0.121. The molecule has 2 N–H and O–H groups in total. The largest absolute Gasteiger partial charge is 0.491 e. The first kappa shape index (κ1) is 19.2. The topological polar surface area (TPSA) is 67.4 Å². The predicted octanol–water partition coefficient (Wildman–Crippen LogP) is 4.03. The molecule has 2 aromatic carbocycles. The summed E-state index contributed by atoms with van der Waals surface area (Å²) in [5, 5.41) is 5.50. The Hall–Kier alpha value is -3.08. The summed E-state index contributed by atoms with van der Waals surface area (Å²) in [5.74, 6) is 0.169. The lowest BCUT2D eigenvalue weighted by Gasteiger charge is -2.13. The van der Waals surface area contributed by atoms with Crippen LogP contribution in [0.1, 0.15) is 41.0 Å². The molecule has 0 aromatic heterocycles. The van der Waals surface area contributed by atoms with Gasteiger partial charge in [-0.2, -0.15) is 0 Å². The average Bonchev–Trinajstić information content (AvgIpc) is 2.66. The van der Waals surface area contributed by atoms with Crippen LogP contribution in [-0.4, -0.2) is 24.5 Å². The third-order valence-corrected chi connectivity index (χ3v) is 3.86. The number of para-hydroxylation sites is 1. The van der Waals surface area contributed by atoms with E-state index in [2.05, 4.69) is 24.1 Å². The molecule has 0 spiro atoms. The Labute approximate surface area is 154 Å². The van der Waals surface area contributed by atoms with Crippen molar-refractivity contribution in [1.29, 1.82) is 0 Å². The van der Waals surface area contributed by atoms with E-state index in [9.17, 15) is 9.59 Å². The molecular formula is C21H24N2O3. The average molecular weight is 352 g/mol. The Kier molecular flexibility index (Phi) is 6.97. The fourth-order valence-electron chi connectivity index (χ4n) is 2.25. The zero-order chi connectivity index (χ0) is 18.9. The first-order valence-corrected chi connectivity index (χ1v) is 8.61. The van der Waals surface area contributed by atoms with Crippen molar-refractivity contribution in [3.63, 3.8) is 0 Å². The summed E-state index contributed by atoms with van der Waals surface area (Å²) in [6.45, 7) is 7.98. The standard InChI is InChI=1S/C21H24N2O3/c1-4-14-22-21(25)18-8-6-7-9-19(18)23-20(24)16-10-12-17(13-11-16)26-15(3)5-2/h4,6-13,15H,1,5,14H2,2-3H3,(H,22,25)(H,23,24). The third kappa shape index (κ3) is 5.21. The summed E-state index contributed by atoms with van der Waals surface area (Å²) in [7, 11) is 0. The maximum absolute atomic E-state index is 12.5. The van der Waals surface area contributed by atoms with Crippen LogP contribution in [0.15, 0.2) is 61.2 Å². The third-order valence-electron chi connectivity index (χ3n) is 3.86. The van der Waals surface area contributed by atoms with Crippen LogP contribution >= 0.6 is 0 Å². The van der Waals surface area contributed by atoms with E-state index >= 15 is 0 Å². The summed E-state index contributed by atoms with van der Waals surface area (Å²) in [4.78, 5) is 24.7. The molecule has 1 unspecified atom stereocenters. The smallest absolute Gasteiger partial charge is 0.255 e. The molecule has 0 heterocycles. The van der Waals surface area contributed by atoms with E-state index in [0.29, 0.717) is 23.4 Å². The van der Waals surface area contributed by atoms with E-state index in [1.54, 1.807) is 54.6 Å². The van der Waals surface area contributed by atoms with Gasteiger partial charge in [-0.15, -0.1) is 6.58 Å². The number of benzene rings is 2. The molecule has 5 nitrogen and oxygen atoms in total. The maximum atomic E-state index is 12.5. The van der Waals surface area contributed by atoms with Gasteiger partial charge in [-0.25, -0.2) is 0 Å². The zero-order valence-electron chi connectivity index (χ0n) is 15.1. The van der Waals surface area contributed by atoms with Crippen molar-refractivity contribution in [2.45, 2.75) is 26.4 Å². The van der Waals surface area contributed by atoms with Gasteiger partial charge in [0, 0.05) is 12.1 Å². The second-order valence-electron chi connectivity index (χ2n) is 5.86. The SMILES string of the molecule is C=CCNC(=O)c1ccccc1NC(=O)c1ccc(OC(C)CC)cc1. The van der Waals surface area contributed by atoms with Crippen LogP contribution in [0.2, 0.25) is 0 Å².